The molecule has 1 aromatic carbocycles. The summed E-state index contributed by atoms with van der Waals surface area (Å²) in [5, 5.41) is 16.9. The summed E-state index contributed by atoms with van der Waals surface area (Å²) in [7, 11) is 0. The first-order valence-corrected chi connectivity index (χ1v) is 9.07. The van der Waals surface area contributed by atoms with Gasteiger partial charge < -0.3 is 10.2 Å². The highest BCUT2D eigenvalue weighted by Gasteiger charge is 1.96. The average molecular weight is 322 g/mol. The van der Waals surface area contributed by atoms with Crippen molar-refractivity contribution in [3.8, 4) is 0 Å². The summed E-state index contributed by atoms with van der Waals surface area (Å²) in [5.74, 6) is -0.659. The second kappa shape index (κ2) is 17.0. The fraction of sp³-hybridized carbons (Fsp3) is 0.650. The van der Waals surface area contributed by atoms with Gasteiger partial charge in [0.15, 0.2) is 0 Å². The smallest absolute Gasteiger partial charge is 0.303 e. The third-order valence-corrected chi connectivity index (χ3v) is 3.74. The SMILES string of the molecule is CCCCCCCCCCCC(=O)O.OCCc1ccccc1. The molecule has 0 heterocycles. The molecule has 3 nitrogen and oxygen atoms in total. The molecule has 0 bridgehead atoms. The van der Waals surface area contributed by atoms with Gasteiger partial charge in [-0.25, -0.2) is 0 Å². The molecule has 0 aliphatic carbocycles. The number of carboxylic acids is 1. The molecule has 0 aliphatic rings. The molecular weight excluding hydrogens is 288 g/mol. The largest absolute Gasteiger partial charge is 0.481 e. The minimum Gasteiger partial charge on any atom is -0.481 e. The van der Waals surface area contributed by atoms with Crippen LogP contribution in [-0.2, 0) is 11.2 Å². The maximum absolute atomic E-state index is 10.2. The molecule has 0 unspecified atom stereocenters. The van der Waals surface area contributed by atoms with E-state index < -0.39 is 5.97 Å². The second-order valence-corrected chi connectivity index (χ2v) is 5.93. The monoisotopic (exact) mass is 322 g/mol. The van der Waals surface area contributed by atoms with E-state index in [9.17, 15) is 4.79 Å². The van der Waals surface area contributed by atoms with E-state index in [0.717, 1.165) is 19.3 Å². The standard InChI is InChI=1S/C12H24O2.C8H10O/c1-2-3-4-5-6-7-8-9-10-11-12(13)14;9-7-6-8-4-2-1-3-5-8/h2-11H2,1H3,(H,13,14);1-5,9H,6-7H2. The average Bonchev–Trinajstić information content (AvgIpc) is 2.55. The Morgan fingerprint density at radius 2 is 1.39 bits per heavy atom. The molecule has 0 amide bonds. The Bertz CT molecular complexity index is 362. The van der Waals surface area contributed by atoms with E-state index in [2.05, 4.69) is 6.92 Å². The zero-order valence-electron chi connectivity index (χ0n) is 14.7. The van der Waals surface area contributed by atoms with Crippen molar-refractivity contribution in [3.63, 3.8) is 0 Å². The van der Waals surface area contributed by atoms with Crippen LogP contribution in [0.25, 0.3) is 0 Å². The van der Waals surface area contributed by atoms with Crippen LogP contribution >= 0.6 is 0 Å². The van der Waals surface area contributed by atoms with Crippen LogP contribution in [0.3, 0.4) is 0 Å². The predicted molar refractivity (Wildman–Crippen MR) is 96.7 cm³/mol. The van der Waals surface area contributed by atoms with E-state index in [1.54, 1.807) is 0 Å². The number of aliphatic hydroxyl groups excluding tert-OH is 1. The number of carbonyl (C=O) groups is 1. The molecule has 0 atom stereocenters. The summed E-state index contributed by atoms with van der Waals surface area (Å²) < 4.78 is 0. The van der Waals surface area contributed by atoms with E-state index in [1.165, 1.54) is 50.5 Å². The molecule has 2 N–H and O–H groups in total. The van der Waals surface area contributed by atoms with Crippen LogP contribution in [0.4, 0.5) is 0 Å². The summed E-state index contributed by atoms with van der Waals surface area (Å²) in [6.07, 6.45) is 12.2. The molecule has 1 aromatic rings. The van der Waals surface area contributed by atoms with Crippen molar-refractivity contribution in [2.75, 3.05) is 6.61 Å². The van der Waals surface area contributed by atoms with E-state index >= 15 is 0 Å². The van der Waals surface area contributed by atoms with Crippen molar-refractivity contribution < 1.29 is 15.0 Å². The lowest BCUT2D eigenvalue weighted by atomic mass is 10.1. The minimum absolute atomic E-state index is 0.240. The van der Waals surface area contributed by atoms with Gasteiger partial charge in [-0.1, -0.05) is 88.6 Å². The molecule has 0 saturated carbocycles. The number of hydrogen-bond acceptors (Lipinski definition) is 2. The molecular formula is C20H34O3. The van der Waals surface area contributed by atoms with Gasteiger partial charge in [0.05, 0.1) is 0 Å². The highest BCUT2D eigenvalue weighted by Crippen LogP contribution is 2.10. The number of benzene rings is 1. The van der Waals surface area contributed by atoms with Gasteiger partial charge in [-0.2, -0.15) is 0 Å². The van der Waals surface area contributed by atoms with Crippen LogP contribution in [-0.4, -0.2) is 22.8 Å². The van der Waals surface area contributed by atoms with E-state index in [-0.39, 0.29) is 6.61 Å². The molecule has 0 aromatic heterocycles. The summed E-state index contributed by atoms with van der Waals surface area (Å²) in [5.41, 5.74) is 1.19. The van der Waals surface area contributed by atoms with Crippen molar-refractivity contribution in [1.29, 1.82) is 0 Å². The van der Waals surface area contributed by atoms with E-state index in [0.29, 0.717) is 6.42 Å². The Kier molecular flexibility index (Phi) is 16.0. The lowest BCUT2D eigenvalue weighted by Gasteiger charge is -2.00. The summed E-state index contributed by atoms with van der Waals surface area (Å²) in [6, 6.07) is 9.95. The molecule has 0 aliphatic heterocycles. The van der Waals surface area contributed by atoms with Gasteiger partial charge in [-0.3, -0.25) is 4.79 Å². The Morgan fingerprint density at radius 3 is 1.87 bits per heavy atom. The normalized spacial score (nSPS) is 10.0. The highest BCUT2D eigenvalue weighted by molar-refractivity contribution is 5.66. The first kappa shape index (κ1) is 21.6. The van der Waals surface area contributed by atoms with Crippen LogP contribution in [0.15, 0.2) is 30.3 Å². The zero-order valence-corrected chi connectivity index (χ0v) is 14.7. The maximum Gasteiger partial charge on any atom is 0.303 e. The zero-order chi connectivity index (χ0) is 17.2. The Hall–Kier alpha value is -1.35. The van der Waals surface area contributed by atoms with Crippen LogP contribution < -0.4 is 0 Å². The van der Waals surface area contributed by atoms with Crippen LogP contribution in [0.2, 0.25) is 0 Å². The van der Waals surface area contributed by atoms with Crippen molar-refractivity contribution >= 4 is 5.97 Å². The minimum atomic E-state index is -0.659. The fourth-order valence-electron chi connectivity index (χ4n) is 2.36. The molecule has 3 heteroatoms. The third-order valence-electron chi connectivity index (χ3n) is 3.74. The van der Waals surface area contributed by atoms with E-state index in [1.807, 2.05) is 30.3 Å². The Labute approximate surface area is 141 Å². The molecule has 23 heavy (non-hydrogen) atoms. The van der Waals surface area contributed by atoms with Gasteiger partial charge in [-0.05, 0) is 18.4 Å². The van der Waals surface area contributed by atoms with Crippen LogP contribution in [0, 0.1) is 0 Å². The van der Waals surface area contributed by atoms with Crippen LogP contribution in [0.1, 0.15) is 76.7 Å². The molecule has 0 saturated heterocycles. The predicted octanol–water partition coefficient (Wildman–Crippen LogP) is 5.21. The highest BCUT2D eigenvalue weighted by atomic mass is 16.4. The van der Waals surface area contributed by atoms with Crippen molar-refractivity contribution in [1.82, 2.24) is 0 Å². The van der Waals surface area contributed by atoms with Gasteiger partial charge in [0, 0.05) is 13.0 Å². The number of hydrogen-bond donors (Lipinski definition) is 2. The van der Waals surface area contributed by atoms with Crippen molar-refractivity contribution in [2.45, 2.75) is 77.6 Å². The quantitative estimate of drug-likeness (QED) is 0.519. The van der Waals surface area contributed by atoms with Gasteiger partial charge >= 0.3 is 5.97 Å². The number of carboxylic acid groups (broad SMARTS) is 1. The van der Waals surface area contributed by atoms with Gasteiger partial charge in [0.25, 0.3) is 0 Å². The van der Waals surface area contributed by atoms with Crippen molar-refractivity contribution in [3.05, 3.63) is 35.9 Å². The summed E-state index contributed by atoms with van der Waals surface area (Å²) >= 11 is 0. The lowest BCUT2D eigenvalue weighted by Crippen LogP contribution is -1.93. The first-order valence-electron chi connectivity index (χ1n) is 9.07. The number of aliphatic hydroxyl groups is 1. The lowest BCUT2D eigenvalue weighted by molar-refractivity contribution is -0.137. The topological polar surface area (TPSA) is 57.5 Å². The molecule has 0 fully saturated rings. The van der Waals surface area contributed by atoms with Crippen LogP contribution in [0.5, 0.6) is 0 Å². The number of rotatable bonds is 12. The maximum atomic E-state index is 10.2. The fourth-order valence-corrected chi connectivity index (χ4v) is 2.36. The summed E-state index contributed by atoms with van der Waals surface area (Å²) in [4.78, 5) is 10.2. The van der Waals surface area contributed by atoms with Gasteiger partial charge in [-0.15, -0.1) is 0 Å². The van der Waals surface area contributed by atoms with Gasteiger partial charge in [0.1, 0.15) is 0 Å². The Balaban J connectivity index is 0.000000459. The third kappa shape index (κ3) is 16.8. The molecule has 0 radical (unpaired) electrons. The van der Waals surface area contributed by atoms with Gasteiger partial charge in [0.2, 0.25) is 0 Å². The number of unbranched alkanes of at least 4 members (excludes halogenated alkanes) is 8. The molecule has 1 rings (SSSR count). The second-order valence-electron chi connectivity index (χ2n) is 5.93. The first-order chi connectivity index (χ1) is 11.2. The van der Waals surface area contributed by atoms with E-state index in [4.69, 9.17) is 10.2 Å². The van der Waals surface area contributed by atoms with Crippen molar-refractivity contribution in [2.24, 2.45) is 0 Å². The molecule has 132 valence electrons. The Morgan fingerprint density at radius 1 is 0.870 bits per heavy atom. The number of aliphatic carboxylic acids is 1. The summed E-state index contributed by atoms with van der Waals surface area (Å²) in [6.45, 7) is 2.47. The molecule has 0 spiro atoms.